The lowest BCUT2D eigenvalue weighted by atomic mass is 9.95. The molecule has 0 aromatic heterocycles. The molecule has 0 saturated carbocycles. The third-order valence-electron chi connectivity index (χ3n) is 8.87. The molecule has 3 aliphatic rings. The van der Waals surface area contributed by atoms with Crippen molar-refractivity contribution in [2.24, 2.45) is 5.73 Å². The standard InChI is InChI=1S/C32H38N6O10S2/c1-31(2)21(29(45)46)37-26(49-31)19(35-23(41)17(33)13-5-9-15(39)10-6-13)25(43)34-18(14-7-11-16(40)12-8-14)24(42)36-20-27(44)38-22(30(47)48)32(3,4)50-28(20)38/h5-12,17-22,26,28,37,39-40H,33H2,1-4H3,(H,34,43)(H,35,41)(H,36,42)(H,45,46)(H,47,48)/t17-,18-,19?,20-,21+,22+,26?,28-/m1/s1. The van der Waals surface area contributed by atoms with Crippen LogP contribution >= 0.6 is 23.5 Å². The number of aliphatic carboxylic acids is 2. The quantitative estimate of drug-likeness (QED) is 0.138. The number of rotatable bonds is 11. The van der Waals surface area contributed by atoms with E-state index in [2.05, 4.69) is 21.3 Å². The van der Waals surface area contributed by atoms with Crippen molar-refractivity contribution < 1.29 is 49.2 Å². The van der Waals surface area contributed by atoms with Crippen LogP contribution in [-0.2, 0) is 28.8 Å². The van der Waals surface area contributed by atoms with Crippen molar-refractivity contribution >= 4 is 59.1 Å². The number of fused-ring (bicyclic) bond motifs is 1. The van der Waals surface area contributed by atoms with Gasteiger partial charge in [0.1, 0.15) is 53.1 Å². The van der Waals surface area contributed by atoms with E-state index < -0.39 is 92.1 Å². The summed E-state index contributed by atoms with van der Waals surface area (Å²) in [6.07, 6.45) is 0. The smallest absolute Gasteiger partial charge is 0.327 e. The van der Waals surface area contributed by atoms with Gasteiger partial charge in [-0.05, 0) is 63.1 Å². The second-order valence-corrected chi connectivity index (χ2v) is 16.8. The molecule has 2 unspecified atom stereocenters. The molecule has 3 heterocycles. The maximum Gasteiger partial charge on any atom is 0.327 e. The Bertz CT molecular complexity index is 1710. The lowest BCUT2D eigenvalue weighted by Gasteiger charge is -2.44. The molecular formula is C32H38N6O10S2. The van der Waals surface area contributed by atoms with Crippen LogP contribution in [0.2, 0.25) is 0 Å². The minimum absolute atomic E-state index is 0.0566. The van der Waals surface area contributed by atoms with E-state index in [1.165, 1.54) is 65.2 Å². The molecule has 2 aromatic carbocycles. The Morgan fingerprint density at radius 3 is 1.88 bits per heavy atom. The molecule has 3 aliphatic heterocycles. The molecule has 16 nitrogen and oxygen atoms in total. The summed E-state index contributed by atoms with van der Waals surface area (Å²) in [5, 5.41) is 48.2. The Morgan fingerprint density at radius 2 is 1.36 bits per heavy atom. The van der Waals surface area contributed by atoms with Crippen molar-refractivity contribution in [2.75, 3.05) is 0 Å². The number of hydrogen-bond acceptors (Lipinski definition) is 12. The van der Waals surface area contributed by atoms with Gasteiger partial charge in [-0.3, -0.25) is 29.3 Å². The van der Waals surface area contributed by atoms with Crippen LogP contribution in [0.3, 0.4) is 0 Å². The molecule has 10 N–H and O–H groups in total. The van der Waals surface area contributed by atoms with Gasteiger partial charge >= 0.3 is 11.9 Å². The number of phenols is 2. The van der Waals surface area contributed by atoms with Crippen LogP contribution < -0.4 is 27.0 Å². The molecular weight excluding hydrogens is 693 g/mol. The van der Waals surface area contributed by atoms with E-state index in [0.717, 1.165) is 11.8 Å². The molecule has 0 bridgehead atoms. The first-order valence-electron chi connectivity index (χ1n) is 15.5. The average Bonchev–Trinajstić information content (AvgIpc) is 3.51. The highest BCUT2D eigenvalue weighted by atomic mass is 32.2. The molecule has 0 spiro atoms. The van der Waals surface area contributed by atoms with Crippen molar-refractivity contribution in [1.82, 2.24) is 26.2 Å². The number of thioether (sulfide) groups is 2. The Morgan fingerprint density at radius 1 is 0.800 bits per heavy atom. The van der Waals surface area contributed by atoms with E-state index in [1.807, 2.05) is 0 Å². The number of carboxylic acids is 2. The van der Waals surface area contributed by atoms with Crippen molar-refractivity contribution in [3.05, 3.63) is 59.7 Å². The Balaban J connectivity index is 1.42. The van der Waals surface area contributed by atoms with Gasteiger partial charge < -0.3 is 47.0 Å². The summed E-state index contributed by atoms with van der Waals surface area (Å²) in [5.74, 6) is -5.70. The van der Waals surface area contributed by atoms with Crippen LogP contribution in [0.15, 0.2) is 48.5 Å². The number of aromatic hydroxyl groups is 2. The molecule has 0 radical (unpaired) electrons. The molecule has 50 heavy (non-hydrogen) atoms. The molecule has 3 saturated heterocycles. The van der Waals surface area contributed by atoms with Crippen molar-refractivity contribution in [3.8, 4) is 11.5 Å². The minimum atomic E-state index is -1.49. The summed E-state index contributed by atoms with van der Waals surface area (Å²) >= 11 is 2.31. The number of hydrogen-bond donors (Lipinski definition) is 9. The van der Waals surface area contributed by atoms with Crippen LogP contribution in [0.1, 0.15) is 50.9 Å². The van der Waals surface area contributed by atoms with E-state index in [-0.39, 0.29) is 17.1 Å². The summed E-state index contributed by atoms with van der Waals surface area (Å²) in [4.78, 5) is 79.9. The normalized spacial score (nSPS) is 26.5. The van der Waals surface area contributed by atoms with Gasteiger partial charge in [-0.2, -0.15) is 0 Å². The number of amides is 4. The highest BCUT2D eigenvalue weighted by molar-refractivity contribution is 8.02. The van der Waals surface area contributed by atoms with E-state index in [0.29, 0.717) is 5.56 Å². The van der Waals surface area contributed by atoms with Crippen LogP contribution in [0.25, 0.3) is 0 Å². The van der Waals surface area contributed by atoms with Crippen LogP contribution in [0.5, 0.6) is 11.5 Å². The zero-order chi connectivity index (χ0) is 36.9. The van der Waals surface area contributed by atoms with Crippen molar-refractivity contribution in [1.29, 1.82) is 0 Å². The predicted octanol–water partition coefficient (Wildman–Crippen LogP) is -0.0341. The summed E-state index contributed by atoms with van der Waals surface area (Å²) < 4.78 is -1.79. The second-order valence-electron chi connectivity index (χ2n) is 13.3. The summed E-state index contributed by atoms with van der Waals surface area (Å²) in [7, 11) is 0. The fourth-order valence-corrected chi connectivity index (χ4v) is 9.38. The SMILES string of the molecule is CC1(C)S[C@@H]2[C@H](NC(=O)[C@H](NC(=O)C(NC(=O)[C@H](N)c3ccc(O)cc3)C3N[C@@H](C(=O)O)C(C)(C)S3)c3ccc(O)cc3)C(=O)N2[C@H]1C(=O)O. The number of phenolic OH excluding ortho intramolecular Hbond substituents is 2. The van der Waals surface area contributed by atoms with E-state index >= 15 is 0 Å². The van der Waals surface area contributed by atoms with E-state index in [1.54, 1.807) is 27.7 Å². The van der Waals surface area contributed by atoms with Crippen molar-refractivity contribution in [3.63, 3.8) is 0 Å². The Kier molecular flexibility index (Phi) is 10.0. The Labute approximate surface area is 294 Å². The first-order valence-corrected chi connectivity index (χ1v) is 17.2. The lowest BCUT2D eigenvalue weighted by Crippen LogP contribution is -2.71. The highest BCUT2D eigenvalue weighted by Gasteiger charge is 2.64. The zero-order valence-corrected chi connectivity index (χ0v) is 29.0. The maximum absolute atomic E-state index is 14.2. The summed E-state index contributed by atoms with van der Waals surface area (Å²) in [6, 6.07) is 3.24. The van der Waals surface area contributed by atoms with Gasteiger partial charge in [-0.1, -0.05) is 24.3 Å². The van der Waals surface area contributed by atoms with Gasteiger partial charge in [0.25, 0.3) is 0 Å². The molecule has 8 atom stereocenters. The molecule has 2 aromatic rings. The Hall–Kier alpha value is -4.52. The lowest BCUT2D eigenvalue weighted by molar-refractivity contribution is -0.161. The maximum atomic E-state index is 14.2. The third kappa shape index (κ3) is 7.05. The summed E-state index contributed by atoms with van der Waals surface area (Å²) in [6.45, 7) is 6.69. The molecule has 4 amide bonds. The van der Waals surface area contributed by atoms with Crippen molar-refractivity contribution in [2.45, 2.75) is 84.2 Å². The van der Waals surface area contributed by atoms with E-state index in [9.17, 15) is 49.2 Å². The molecule has 18 heteroatoms. The van der Waals surface area contributed by atoms with Crippen LogP contribution in [-0.4, -0.2) is 105 Å². The topological polar surface area (TPSA) is 261 Å². The molecule has 3 fully saturated rings. The predicted molar refractivity (Wildman–Crippen MR) is 182 cm³/mol. The third-order valence-corrected chi connectivity index (χ3v) is 11.9. The fraction of sp³-hybridized carbons (Fsp3) is 0.438. The number of carbonyl (C=O) groups excluding carboxylic acids is 4. The number of carboxylic acid groups (broad SMARTS) is 2. The van der Waals surface area contributed by atoms with Gasteiger partial charge in [-0.25, -0.2) is 4.79 Å². The largest absolute Gasteiger partial charge is 0.508 e. The number of carbonyl (C=O) groups is 6. The second kappa shape index (κ2) is 13.7. The number of nitrogens with zero attached hydrogens (tertiary/aromatic N) is 1. The first-order chi connectivity index (χ1) is 23.3. The van der Waals surface area contributed by atoms with Gasteiger partial charge in [-0.15, -0.1) is 23.5 Å². The first kappa shape index (κ1) is 36.8. The molecule has 268 valence electrons. The fourth-order valence-electron chi connectivity index (χ4n) is 6.26. The van der Waals surface area contributed by atoms with Gasteiger partial charge in [0.15, 0.2) is 0 Å². The molecule has 0 aliphatic carbocycles. The number of nitrogens with two attached hydrogens (primary N) is 1. The number of β-lactam (4-membered cyclic amide) rings is 1. The van der Waals surface area contributed by atoms with Crippen LogP contribution in [0.4, 0.5) is 0 Å². The van der Waals surface area contributed by atoms with Crippen LogP contribution in [0, 0.1) is 0 Å². The van der Waals surface area contributed by atoms with Gasteiger partial charge in [0.2, 0.25) is 23.6 Å². The van der Waals surface area contributed by atoms with Gasteiger partial charge in [0.05, 0.1) is 5.37 Å². The highest BCUT2D eigenvalue weighted by Crippen LogP contribution is 2.51. The van der Waals surface area contributed by atoms with Gasteiger partial charge in [0, 0.05) is 9.49 Å². The van der Waals surface area contributed by atoms with E-state index in [4.69, 9.17) is 5.73 Å². The average molecular weight is 731 g/mol. The molecule has 5 rings (SSSR count). The number of benzene rings is 2. The number of nitrogens with one attached hydrogen (secondary N) is 4. The minimum Gasteiger partial charge on any atom is -0.508 e. The summed E-state index contributed by atoms with van der Waals surface area (Å²) in [5.41, 5.74) is 6.70. The monoisotopic (exact) mass is 730 g/mol. The zero-order valence-electron chi connectivity index (χ0n) is 27.3.